The van der Waals surface area contributed by atoms with Crippen molar-refractivity contribution < 1.29 is 14.3 Å². The highest BCUT2D eigenvalue weighted by Crippen LogP contribution is 2.29. The van der Waals surface area contributed by atoms with Crippen molar-refractivity contribution in [1.29, 1.82) is 0 Å². The SMILES string of the molecule is CCCCCC(C)(Nc1ccccc1OC)C(=O)OC. The van der Waals surface area contributed by atoms with E-state index in [0.29, 0.717) is 0 Å². The first kappa shape index (κ1) is 16.3. The number of carbonyl (C=O) groups is 1. The number of hydrogen-bond donors (Lipinski definition) is 1. The lowest BCUT2D eigenvalue weighted by molar-refractivity contribution is -0.145. The van der Waals surface area contributed by atoms with Gasteiger partial charge in [-0.2, -0.15) is 0 Å². The largest absolute Gasteiger partial charge is 0.495 e. The molecule has 112 valence electrons. The van der Waals surface area contributed by atoms with Crippen LogP contribution < -0.4 is 10.1 Å². The molecular formula is C16H25NO3. The lowest BCUT2D eigenvalue weighted by atomic mass is 9.93. The predicted molar refractivity (Wildman–Crippen MR) is 81.2 cm³/mol. The molecule has 1 N–H and O–H groups in total. The third-order valence-corrected chi connectivity index (χ3v) is 3.43. The Morgan fingerprint density at radius 1 is 1.25 bits per heavy atom. The quantitative estimate of drug-likeness (QED) is 0.583. The molecule has 1 unspecified atom stereocenters. The van der Waals surface area contributed by atoms with Crippen molar-refractivity contribution in [3.05, 3.63) is 24.3 Å². The summed E-state index contributed by atoms with van der Waals surface area (Å²) in [5, 5.41) is 3.28. The van der Waals surface area contributed by atoms with E-state index in [9.17, 15) is 4.79 Å². The van der Waals surface area contributed by atoms with E-state index in [1.807, 2.05) is 31.2 Å². The van der Waals surface area contributed by atoms with Crippen LogP contribution in [-0.2, 0) is 9.53 Å². The van der Waals surface area contributed by atoms with E-state index in [1.54, 1.807) is 7.11 Å². The van der Waals surface area contributed by atoms with E-state index < -0.39 is 5.54 Å². The molecule has 0 saturated heterocycles. The molecule has 0 heterocycles. The first-order chi connectivity index (χ1) is 9.57. The maximum atomic E-state index is 12.1. The van der Waals surface area contributed by atoms with E-state index in [-0.39, 0.29) is 5.97 Å². The summed E-state index contributed by atoms with van der Waals surface area (Å²) in [4.78, 5) is 12.1. The van der Waals surface area contributed by atoms with Crippen molar-refractivity contribution in [2.24, 2.45) is 0 Å². The van der Waals surface area contributed by atoms with E-state index in [2.05, 4.69) is 12.2 Å². The molecule has 0 saturated carbocycles. The molecule has 1 aromatic carbocycles. The fourth-order valence-corrected chi connectivity index (χ4v) is 2.21. The van der Waals surface area contributed by atoms with Gasteiger partial charge >= 0.3 is 5.97 Å². The van der Waals surface area contributed by atoms with Gasteiger partial charge in [0.25, 0.3) is 0 Å². The van der Waals surface area contributed by atoms with Gasteiger partial charge in [0, 0.05) is 0 Å². The van der Waals surface area contributed by atoms with Crippen molar-refractivity contribution >= 4 is 11.7 Å². The smallest absolute Gasteiger partial charge is 0.331 e. The average molecular weight is 279 g/mol. The van der Waals surface area contributed by atoms with Crippen LogP contribution in [0.15, 0.2) is 24.3 Å². The first-order valence-electron chi connectivity index (χ1n) is 7.07. The van der Waals surface area contributed by atoms with Crippen LogP contribution in [0.25, 0.3) is 0 Å². The molecule has 0 bridgehead atoms. The number of ether oxygens (including phenoxy) is 2. The number of para-hydroxylation sites is 2. The van der Waals surface area contributed by atoms with Crippen molar-refractivity contribution in [1.82, 2.24) is 0 Å². The van der Waals surface area contributed by atoms with Crippen LogP contribution in [0.1, 0.15) is 39.5 Å². The van der Waals surface area contributed by atoms with Crippen LogP contribution in [0.5, 0.6) is 5.75 Å². The van der Waals surface area contributed by atoms with Gasteiger partial charge in [0.2, 0.25) is 0 Å². The zero-order valence-electron chi connectivity index (χ0n) is 12.9. The van der Waals surface area contributed by atoms with Crippen LogP contribution in [0, 0.1) is 0 Å². The van der Waals surface area contributed by atoms with Gasteiger partial charge in [0.15, 0.2) is 0 Å². The van der Waals surface area contributed by atoms with Crippen LogP contribution >= 0.6 is 0 Å². The highest BCUT2D eigenvalue weighted by molar-refractivity contribution is 5.84. The second-order valence-corrected chi connectivity index (χ2v) is 5.11. The van der Waals surface area contributed by atoms with E-state index in [1.165, 1.54) is 7.11 Å². The summed E-state index contributed by atoms with van der Waals surface area (Å²) in [6.07, 6.45) is 3.92. The van der Waals surface area contributed by atoms with Crippen molar-refractivity contribution in [2.45, 2.75) is 45.1 Å². The van der Waals surface area contributed by atoms with Crippen LogP contribution in [0.2, 0.25) is 0 Å². The van der Waals surface area contributed by atoms with Gasteiger partial charge < -0.3 is 14.8 Å². The summed E-state index contributed by atoms with van der Waals surface area (Å²) in [6.45, 7) is 4.02. The second-order valence-electron chi connectivity index (χ2n) is 5.11. The molecule has 0 aliphatic rings. The molecular weight excluding hydrogens is 254 g/mol. The summed E-state index contributed by atoms with van der Waals surface area (Å²) in [6, 6.07) is 7.58. The summed E-state index contributed by atoms with van der Waals surface area (Å²) in [7, 11) is 3.04. The lowest BCUT2D eigenvalue weighted by Gasteiger charge is -2.29. The van der Waals surface area contributed by atoms with Gasteiger partial charge in [-0.05, 0) is 25.5 Å². The summed E-state index contributed by atoms with van der Waals surface area (Å²) >= 11 is 0. The Kier molecular flexibility index (Phi) is 6.36. The maximum Gasteiger partial charge on any atom is 0.331 e. The van der Waals surface area contributed by atoms with Crippen molar-refractivity contribution in [3.63, 3.8) is 0 Å². The Balaban J connectivity index is 2.91. The Bertz CT molecular complexity index is 433. The molecule has 0 aromatic heterocycles. The monoisotopic (exact) mass is 279 g/mol. The Hall–Kier alpha value is -1.71. The predicted octanol–water partition coefficient (Wildman–Crippen LogP) is 3.62. The first-order valence-corrected chi connectivity index (χ1v) is 7.07. The fraction of sp³-hybridized carbons (Fsp3) is 0.562. The minimum Gasteiger partial charge on any atom is -0.495 e. The minimum absolute atomic E-state index is 0.250. The van der Waals surface area contributed by atoms with Crippen molar-refractivity contribution in [2.75, 3.05) is 19.5 Å². The topological polar surface area (TPSA) is 47.6 Å². The van der Waals surface area contributed by atoms with Gasteiger partial charge in [-0.1, -0.05) is 38.3 Å². The average Bonchev–Trinajstić information content (AvgIpc) is 2.47. The molecule has 20 heavy (non-hydrogen) atoms. The molecule has 0 amide bonds. The lowest BCUT2D eigenvalue weighted by Crippen LogP contribution is -2.44. The van der Waals surface area contributed by atoms with Gasteiger partial charge in [-0.15, -0.1) is 0 Å². The minimum atomic E-state index is -0.738. The zero-order valence-corrected chi connectivity index (χ0v) is 12.9. The molecule has 0 fully saturated rings. The number of anilines is 1. The number of unbranched alkanes of at least 4 members (excludes halogenated alkanes) is 2. The van der Waals surface area contributed by atoms with Gasteiger partial charge in [-0.3, -0.25) is 0 Å². The molecule has 0 aliphatic carbocycles. The van der Waals surface area contributed by atoms with E-state index >= 15 is 0 Å². The van der Waals surface area contributed by atoms with Crippen LogP contribution in [-0.4, -0.2) is 25.7 Å². The van der Waals surface area contributed by atoms with Gasteiger partial charge in [0.1, 0.15) is 11.3 Å². The normalized spacial score (nSPS) is 13.4. The van der Waals surface area contributed by atoms with E-state index in [4.69, 9.17) is 9.47 Å². The number of hydrogen-bond acceptors (Lipinski definition) is 4. The number of esters is 1. The van der Waals surface area contributed by atoms with Crippen LogP contribution in [0.3, 0.4) is 0 Å². The summed E-state index contributed by atoms with van der Waals surface area (Å²) < 4.78 is 10.3. The van der Waals surface area contributed by atoms with Gasteiger partial charge in [0.05, 0.1) is 19.9 Å². The number of benzene rings is 1. The van der Waals surface area contributed by atoms with Gasteiger partial charge in [-0.25, -0.2) is 4.79 Å². The summed E-state index contributed by atoms with van der Waals surface area (Å²) in [5.74, 6) is 0.470. The number of carbonyl (C=O) groups excluding carboxylic acids is 1. The summed E-state index contributed by atoms with van der Waals surface area (Å²) in [5.41, 5.74) is 0.0675. The van der Waals surface area contributed by atoms with E-state index in [0.717, 1.165) is 37.1 Å². The molecule has 0 spiro atoms. The number of nitrogens with one attached hydrogen (secondary N) is 1. The fourth-order valence-electron chi connectivity index (χ4n) is 2.21. The Labute approximate surface area is 121 Å². The molecule has 4 nitrogen and oxygen atoms in total. The highest BCUT2D eigenvalue weighted by Gasteiger charge is 2.34. The molecule has 0 aliphatic heterocycles. The number of methoxy groups -OCH3 is 2. The molecule has 0 radical (unpaired) electrons. The maximum absolute atomic E-state index is 12.1. The molecule has 4 heteroatoms. The standard InChI is InChI=1S/C16H25NO3/c1-5-6-9-12-16(2,15(18)20-4)17-13-10-7-8-11-14(13)19-3/h7-8,10-11,17H,5-6,9,12H2,1-4H3. The second kappa shape index (κ2) is 7.78. The number of rotatable bonds is 8. The Morgan fingerprint density at radius 3 is 2.55 bits per heavy atom. The highest BCUT2D eigenvalue weighted by atomic mass is 16.5. The third kappa shape index (κ3) is 4.15. The molecule has 1 rings (SSSR count). The zero-order chi connectivity index (χ0) is 15.0. The van der Waals surface area contributed by atoms with Crippen LogP contribution in [0.4, 0.5) is 5.69 Å². The Morgan fingerprint density at radius 2 is 1.95 bits per heavy atom. The van der Waals surface area contributed by atoms with Crippen molar-refractivity contribution in [3.8, 4) is 5.75 Å². The molecule has 1 aromatic rings. The molecule has 1 atom stereocenters. The third-order valence-electron chi connectivity index (χ3n) is 3.43.